The van der Waals surface area contributed by atoms with Crippen molar-refractivity contribution in [3.05, 3.63) is 55.4 Å². The van der Waals surface area contributed by atoms with Gasteiger partial charge in [-0.1, -0.05) is 17.8 Å². The summed E-state index contributed by atoms with van der Waals surface area (Å²) in [7, 11) is 3.11. The average molecular weight is 411 g/mol. The standard InChI is InChI=1S/C20H21N5O3S/c1-4-10-25-19(14-6-5-9-21-12-14)23-24-20(25)29-13-18(26)22-16-11-15(27-2)7-8-17(16)28-3/h4-9,11-12H,1,10,13H2,2-3H3,(H,22,26). The Morgan fingerprint density at radius 3 is 2.83 bits per heavy atom. The van der Waals surface area contributed by atoms with Crippen LogP contribution in [0.15, 0.2) is 60.5 Å². The normalized spacial score (nSPS) is 10.4. The largest absolute Gasteiger partial charge is 0.497 e. The van der Waals surface area contributed by atoms with E-state index in [1.165, 1.54) is 11.8 Å². The Kier molecular flexibility index (Phi) is 6.85. The number of methoxy groups -OCH3 is 2. The number of benzene rings is 1. The second-order valence-electron chi connectivity index (χ2n) is 5.85. The van der Waals surface area contributed by atoms with Crippen LogP contribution in [0.5, 0.6) is 11.5 Å². The molecule has 2 heterocycles. The second-order valence-corrected chi connectivity index (χ2v) is 6.79. The van der Waals surface area contributed by atoms with Crippen LogP contribution in [0, 0.1) is 0 Å². The predicted octanol–water partition coefficient (Wildman–Crippen LogP) is 3.27. The first-order valence-electron chi connectivity index (χ1n) is 8.75. The number of amides is 1. The minimum absolute atomic E-state index is 0.155. The molecule has 0 unspecified atom stereocenters. The third-order valence-electron chi connectivity index (χ3n) is 3.96. The Morgan fingerprint density at radius 1 is 1.28 bits per heavy atom. The molecule has 0 aliphatic carbocycles. The molecule has 0 saturated heterocycles. The SMILES string of the molecule is C=CCn1c(SCC(=O)Nc2cc(OC)ccc2OC)nnc1-c1cccnc1. The van der Waals surface area contributed by atoms with Gasteiger partial charge in [-0.3, -0.25) is 14.3 Å². The highest BCUT2D eigenvalue weighted by atomic mass is 32.2. The minimum Gasteiger partial charge on any atom is -0.497 e. The van der Waals surface area contributed by atoms with E-state index in [4.69, 9.17) is 9.47 Å². The van der Waals surface area contributed by atoms with Crippen LogP contribution >= 0.6 is 11.8 Å². The highest BCUT2D eigenvalue weighted by molar-refractivity contribution is 7.99. The lowest BCUT2D eigenvalue weighted by Gasteiger charge is -2.12. The van der Waals surface area contributed by atoms with E-state index >= 15 is 0 Å². The van der Waals surface area contributed by atoms with Crippen LogP contribution in [0.2, 0.25) is 0 Å². The number of carbonyl (C=O) groups is 1. The number of hydrogen-bond acceptors (Lipinski definition) is 7. The van der Waals surface area contributed by atoms with Crippen molar-refractivity contribution in [2.75, 3.05) is 25.3 Å². The number of ether oxygens (including phenoxy) is 2. The number of anilines is 1. The number of nitrogens with zero attached hydrogens (tertiary/aromatic N) is 4. The van der Waals surface area contributed by atoms with Gasteiger partial charge >= 0.3 is 0 Å². The van der Waals surface area contributed by atoms with Crippen molar-refractivity contribution in [2.45, 2.75) is 11.7 Å². The van der Waals surface area contributed by atoms with Crippen LogP contribution in [0.4, 0.5) is 5.69 Å². The molecule has 1 N–H and O–H groups in total. The fraction of sp³-hybridized carbons (Fsp3) is 0.200. The van der Waals surface area contributed by atoms with Gasteiger partial charge in [-0.2, -0.15) is 0 Å². The van der Waals surface area contributed by atoms with E-state index in [-0.39, 0.29) is 11.7 Å². The summed E-state index contributed by atoms with van der Waals surface area (Å²) in [6.07, 6.45) is 5.18. The number of hydrogen-bond donors (Lipinski definition) is 1. The summed E-state index contributed by atoms with van der Waals surface area (Å²) in [6.45, 7) is 4.31. The number of aromatic nitrogens is 4. The van der Waals surface area contributed by atoms with Crippen molar-refractivity contribution in [2.24, 2.45) is 0 Å². The maximum absolute atomic E-state index is 12.5. The van der Waals surface area contributed by atoms with E-state index in [0.717, 1.165) is 5.56 Å². The zero-order valence-corrected chi connectivity index (χ0v) is 17.0. The van der Waals surface area contributed by atoms with Crippen molar-refractivity contribution < 1.29 is 14.3 Å². The van der Waals surface area contributed by atoms with Crippen LogP contribution in [0.3, 0.4) is 0 Å². The number of thioether (sulfide) groups is 1. The number of carbonyl (C=O) groups excluding carboxylic acids is 1. The van der Waals surface area contributed by atoms with Gasteiger partial charge in [-0.05, 0) is 24.3 Å². The maximum Gasteiger partial charge on any atom is 0.234 e. The Morgan fingerprint density at radius 2 is 2.14 bits per heavy atom. The molecule has 150 valence electrons. The van der Waals surface area contributed by atoms with E-state index in [0.29, 0.717) is 34.7 Å². The molecule has 0 radical (unpaired) electrons. The molecule has 0 aliphatic heterocycles. The number of rotatable bonds is 9. The predicted molar refractivity (Wildman–Crippen MR) is 112 cm³/mol. The van der Waals surface area contributed by atoms with Gasteiger partial charge in [0.05, 0.1) is 25.7 Å². The quantitative estimate of drug-likeness (QED) is 0.427. The van der Waals surface area contributed by atoms with Crippen LogP contribution in [0.25, 0.3) is 11.4 Å². The molecule has 0 fully saturated rings. The first-order chi connectivity index (χ1) is 14.2. The molecule has 3 aromatic rings. The van der Waals surface area contributed by atoms with Crippen LogP contribution in [-0.2, 0) is 11.3 Å². The molecule has 29 heavy (non-hydrogen) atoms. The van der Waals surface area contributed by atoms with Crippen LogP contribution < -0.4 is 14.8 Å². The molecule has 0 bridgehead atoms. The van der Waals surface area contributed by atoms with Gasteiger partial charge in [0.15, 0.2) is 11.0 Å². The second kappa shape index (κ2) is 9.74. The van der Waals surface area contributed by atoms with Gasteiger partial charge < -0.3 is 14.8 Å². The lowest BCUT2D eigenvalue weighted by molar-refractivity contribution is -0.113. The molecule has 0 atom stereocenters. The third kappa shape index (κ3) is 4.94. The topological polar surface area (TPSA) is 91.2 Å². The molecular weight excluding hydrogens is 390 g/mol. The van der Waals surface area contributed by atoms with Crippen molar-refractivity contribution >= 4 is 23.4 Å². The summed E-state index contributed by atoms with van der Waals surface area (Å²) in [6, 6.07) is 8.96. The van der Waals surface area contributed by atoms with E-state index in [2.05, 4.69) is 27.1 Å². The van der Waals surface area contributed by atoms with E-state index in [9.17, 15) is 4.79 Å². The lowest BCUT2D eigenvalue weighted by Crippen LogP contribution is -2.15. The molecule has 3 rings (SSSR count). The first-order valence-corrected chi connectivity index (χ1v) is 9.74. The monoisotopic (exact) mass is 411 g/mol. The molecule has 0 saturated carbocycles. The smallest absolute Gasteiger partial charge is 0.234 e. The van der Waals surface area contributed by atoms with Crippen molar-refractivity contribution in [3.8, 4) is 22.9 Å². The van der Waals surface area contributed by atoms with Crippen molar-refractivity contribution in [3.63, 3.8) is 0 Å². The molecule has 1 amide bonds. The fourth-order valence-corrected chi connectivity index (χ4v) is 3.37. The van der Waals surface area contributed by atoms with Gasteiger partial charge in [0.1, 0.15) is 11.5 Å². The minimum atomic E-state index is -0.197. The highest BCUT2D eigenvalue weighted by Gasteiger charge is 2.16. The van der Waals surface area contributed by atoms with E-state index in [1.54, 1.807) is 50.9 Å². The Labute approximate surface area is 173 Å². The van der Waals surface area contributed by atoms with Gasteiger partial charge in [-0.15, -0.1) is 16.8 Å². The summed E-state index contributed by atoms with van der Waals surface area (Å²) >= 11 is 1.29. The number of pyridine rings is 1. The summed E-state index contributed by atoms with van der Waals surface area (Å²) in [5.41, 5.74) is 1.39. The zero-order valence-electron chi connectivity index (χ0n) is 16.2. The Bertz CT molecular complexity index is 991. The molecule has 2 aromatic heterocycles. The van der Waals surface area contributed by atoms with Crippen LogP contribution in [0.1, 0.15) is 0 Å². The molecular formula is C20H21N5O3S. The molecule has 0 aliphatic rings. The summed E-state index contributed by atoms with van der Waals surface area (Å²) < 4.78 is 12.4. The first kappa shape index (κ1) is 20.4. The van der Waals surface area contributed by atoms with Gasteiger partial charge in [0.25, 0.3) is 0 Å². The third-order valence-corrected chi connectivity index (χ3v) is 4.93. The number of allylic oxidation sites excluding steroid dienone is 1. The van der Waals surface area contributed by atoms with E-state index < -0.39 is 0 Å². The molecule has 8 nitrogen and oxygen atoms in total. The van der Waals surface area contributed by atoms with Crippen LogP contribution in [-0.4, -0.2) is 45.6 Å². The number of nitrogens with one attached hydrogen (secondary N) is 1. The van der Waals surface area contributed by atoms with Crippen molar-refractivity contribution in [1.82, 2.24) is 19.7 Å². The molecule has 9 heteroatoms. The Hall–Kier alpha value is -3.33. The maximum atomic E-state index is 12.5. The van der Waals surface area contributed by atoms with Crippen molar-refractivity contribution in [1.29, 1.82) is 0 Å². The fourth-order valence-electron chi connectivity index (χ4n) is 2.63. The summed E-state index contributed by atoms with van der Waals surface area (Å²) in [5, 5.41) is 11.9. The van der Waals surface area contributed by atoms with Gasteiger partial charge in [0, 0.05) is 30.6 Å². The average Bonchev–Trinajstić information content (AvgIpc) is 3.15. The zero-order chi connectivity index (χ0) is 20.6. The summed E-state index contributed by atoms with van der Waals surface area (Å²) in [5.74, 6) is 1.81. The summed E-state index contributed by atoms with van der Waals surface area (Å²) in [4.78, 5) is 16.6. The van der Waals surface area contributed by atoms with E-state index in [1.807, 2.05) is 16.7 Å². The molecule has 0 spiro atoms. The highest BCUT2D eigenvalue weighted by Crippen LogP contribution is 2.29. The Balaban J connectivity index is 1.72. The molecule has 1 aromatic carbocycles. The lowest BCUT2D eigenvalue weighted by atomic mass is 10.2. The van der Waals surface area contributed by atoms with Gasteiger partial charge in [-0.25, -0.2) is 0 Å². The van der Waals surface area contributed by atoms with Gasteiger partial charge in [0.2, 0.25) is 5.91 Å².